The molecule has 33 heavy (non-hydrogen) atoms. The van der Waals surface area contributed by atoms with Crippen LogP contribution >= 0.6 is 11.6 Å². The van der Waals surface area contributed by atoms with E-state index in [1.165, 1.54) is 12.1 Å². The highest BCUT2D eigenvalue weighted by Crippen LogP contribution is 2.27. The number of aliphatic hydroxyl groups excluding tert-OH is 1. The van der Waals surface area contributed by atoms with Crippen molar-refractivity contribution in [1.82, 2.24) is 4.90 Å². The largest absolute Gasteiger partial charge is 0.488 e. The lowest BCUT2D eigenvalue weighted by Crippen LogP contribution is -2.42. The van der Waals surface area contributed by atoms with Crippen molar-refractivity contribution in [2.45, 2.75) is 25.1 Å². The summed E-state index contributed by atoms with van der Waals surface area (Å²) in [5.41, 5.74) is 0.835. The molecule has 0 radical (unpaired) electrons. The lowest BCUT2D eigenvalue weighted by Gasteiger charge is -2.29. The Morgan fingerprint density at radius 1 is 1.18 bits per heavy atom. The van der Waals surface area contributed by atoms with E-state index in [1.807, 2.05) is 29.2 Å². The molecule has 1 aliphatic rings. The van der Waals surface area contributed by atoms with Crippen molar-refractivity contribution in [1.29, 1.82) is 0 Å². The van der Waals surface area contributed by atoms with Gasteiger partial charge in [-0.1, -0.05) is 35.9 Å². The van der Waals surface area contributed by atoms with Crippen LogP contribution in [0.3, 0.4) is 0 Å². The van der Waals surface area contributed by atoms with Gasteiger partial charge in [0.25, 0.3) is 0 Å². The third-order valence-electron chi connectivity index (χ3n) is 5.57. The second-order valence-corrected chi connectivity index (χ2v) is 10.8. The number of ether oxygens (including phenoxy) is 1. The van der Waals surface area contributed by atoms with Crippen molar-refractivity contribution in [2.75, 3.05) is 24.7 Å². The zero-order chi connectivity index (χ0) is 23.4. The Balaban J connectivity index is 1.45. The van der Waals surface area contributed by atoms with Crippen LogP contribution in [0.25, 0.3) is 11.3 Å². The van der Waals surface area contributed by atoms with E-state index in [-0.39, 0.29) is 36.4 Å². The van der Waals surface area contributed by atoms with Crippen LogP contribution in [0.15, 0.2) is 65.1 Å². The van der Waals surface area contributed by atoms with Gasteiger partial charge in [-0.3, -0.25) is 4.90 Å². The maximum atomic E-state index is 13.8. The van der Waals surface area contributed by atoms with Crippen LogP contribution in [0.5, 0.6) is 5.75 Å². The molecule has 0 aliphatic carbocycles. The molecule has 9 heteroatoms. The summed E-state index contributed by atoms with van der Waals surface area (Å²) >= 11 is 6.07. The van der Waals surface area contributed by atoms with E-state index in [1.54, 1.807) is 24.3 Å². The van der Waals surface area contributed by atoms with Gasteiger partial charge >= 0.3 is 0 Å². The van der Waals surface area contributed by atoms with Gasteiger partial charge in [0.05, 0.1) is 18.1 Å². The quantitative estimate of drug-likeness (QED) is 0.482. The predicted octanol–water partition coefficient (Wildman–Crippen LogP) is 4.17. The van der Waals surface area contributed by atoms with Gasteiger partial charge in [-0.05, 0) is 42.8 Å². The maximum absolute atomic E-state index is 13.8. The number of furan rings is 1. The fourth-order valence-electron chi connectivity index (χ4n) is 3.94. The molecule has 2 unspecified atom stereocenters. The number of para-hydroxylation sites is 1. The van der Waals surface area contributed by atoms with Crippen LogP contribution < -0.4 is 4.74 Å². The summed E-state index contributed by atoms with van der Waals surface area (Å²) in [4.78, 5) is 1.89. The third-order valence-corrected chi connectivity index (χ3v) is 7.55. The number of hydrogen-bond acceptors (Lipinski definition) is 6. The van der Waals surface area contributed by atoms with E-state index in [0.717, 1.165) is 5.56 Å². The van der Waals surface area contributed by atoms with E-state index < -0.39 is 21.8 Å². The first kappa shape index (κ1) is 23.8. The Bertz CT molecular complexity index is 1200. The van der Waals surface area contributed by atoms with Gasteiger partial charge in [0.2, 0.25) is 0 Å². The lowest BCUT2D eigenvalue weighted by atomic mass is 10.2. The minimum Gasteiger partial charge on any atom is -0.488 e. The van der Waals surface area contributed by atoms with Gasteiger partial charge < -0.3 is 14.3 Å². The van der Waals surface area contributed by atoms with E-state index in [2.05, 4.69) is 0 Å². The Hall–Kier alpha value is -2.39. The molecule has 2 aromatic carbocycles. The summed E-state index contributed by atoms with van der Waals surface area (Å²) in [5.74, 6) is 0.972. The number of rotatable bonds is 9. The van der Waals surface area contributed by atoms with Crippen LogP contribution in [0.2, 0.25) is 5.02 Å². The topological polar surface area (TPSA) is 80.0 Å². The molecule has 2 atom stereocenters. The highest BCUT2D eigenvalue weighted by molar-refractivity contribution is 7.91. The van der Waals surface area contributed by atoms with Crippen molar-refractivity contribution >= 4 is 21.4 Å². The first-order valence-electron chi connectivity index (χ1n) is 10.6. The average molecular weight is 494 g/mol. The minimum atomic E-state index is -3.12. The summed E-state index contributed by atoms with van der Waals surface area (Å²) < 4.78 is 49.3. The molecular weight excluding hydrogens is 469 g/mol. The summed E-state index contributed by atoms with van der Waals surface area (Å²) in [5, 5.41) is 11.2. The van der Waals surface area contributed by atoms with E-state index in [9.17, 15) is 17.9 Å². The van der Waals surface area contributed by atoms with Crippen LogP contribution in [0.1, 0.15) is 12.2 Å². The van der Waals surface area contributed by atoms with Gasteiger partial charge in [-0.25, -0.2) is 12.8 Å². The molecule has 0 bridgehead atoms. The Labute approximate surface area is 197 Å². The van der Waals surface area contributed by atoms with Crippen molar-refractivity contribution in [2.24, 2.45) is 0 Å². The molecular formula is C24H25ClFNO5S. The van der Waals surface area contributed by atoms with Gasteiger partial charge in [-0.15, -0.1) is 0 Å². The van der Waals surface area contributed by atoms with Crippen LogP contribution in [0, 0.1) is 5.82 Å². The molecule has 0 saturated carbocycles. The van der Waals surface area contributed by atoms with Crippen molar-refractivity contribution < 1.29 is 27.1 Å². The number of sulfone groups is 1. The molecule has 1 saturated heterocycles. The van der Waals surface area contributed by atoms with Gasteiger partial charge in [0.15, 0.2) is 21.4 Å². The summed E-state index contributed by atoms with van der Waals surface area (Å²) in [6, 6.07) is 16.7. The summed E-state index contributed by atoms with van der Waals surface area (Å²) in [7, 11) is -3.12. The maximum Gasteiger partial charge on any atom is 0.165 e. The number of aliphatic hydroxyl groups is 1. The Morgan fingerprint density at radius 2 is 2.00 bits per heavy atom. The smallest absolute Gasteiger partial charge is 0.165 e. The molecule has 1 fully saturated rings. The highest BCUT2D eigenvalue weighted by Gasteiger charge is 2.33. The van der Waals surface area contributed by atoms with Crippen LogP contribution in [0.4, 0.5) is 4.39 Å². The molecule has 176 valence electrons. The van der Waals surface area contributed by atoms with Crippen molar-refractivity contribution in [3.05, 3.63) is 77.3 Å². The molecule has 1 aromatic heterocycles. The summed E-state index contributed by atoms with van der Waals surface area (Å²) in [6.45, 7) is 0.349. The Morgan fingerprint density at radius 3 is 2.73 bits per heavy atom. The van der Waals surface area contributed by atoms with Gasteiger partial charge in [0, 0.05) is 23.2 Å². The fraction of sp³-hybridized carbons (Fsp3) is 0.333. The highest BCUT2D eigenvalue weighted by atomic mass is 35.5. The first-order chi connectivity index (χ1) is 15.8. The minimum absolute atomic E-state index is 0.0236. The standard InChI is InChI=1S/C24H25ClFNO5S/c25-18-5-3-4-17(12-18)23-9-8-21(32-23)14-27(19-10-11-33(29,30)16-19)13-20(28)15-31-24-7-2-1-6-22(24)26/h1-9,12,19-20,28H,10-11,13-16H2. The summed E-state index contributed by atoms with van der Waals surface area (Å²) in [6.07, 6.45) is -0.472. The first-order valence-corrected chi connectivity index (χ1v) is 12.8. The zero-order valence-electron chi connectivity index (χ0n) is 17.9. The number of halogens is 2. The molecule has 2 heterocycles. The molecule has 1 aliphatic heterocycles. The van der Waals surface area contributed by atoms with Gasteiger partial charge in [0.1, 0.15) is 24.2 Å². The average Bonchev–Trinajstić information content (AvgIpc) is 3.39. The van der Waals surface area contributed by atoms with Crippen LogP contribution in [-0.4, -0.2) is 55.2 Å². The molecule has 6 nitrogen and oxygen atoms in total. The Kier molecular flexibility index (Phi) is 7.38. The molecule has 1 N–H and O–H groups in total. The lowest BCUT2D eigenvalue weighted by molar-refractivity contribution is 0.0487. The van der Waals surface area contributed by atoms with E-state index >= 15 is 0 Å². The van der Waals surface area contributed by atoms with Crippen molar-refractivity contribution in [3.8, 4) is 17.1 Å². The SMILES string of the molecule is O=S1(=O)CCC(N(Cc2ccc(-c3cccc(Cl)c3)o2)CC(O)COc2ccccc2F)C1. The monoisotopic (exact) mass is 493 g/mol. The van der Waals surface area contributed by atoms with E-state index in [0.29, 0.717) is 29.5 Å². The second-order valence-electron chi connectivity index (χ2n) is 8.16. The second kappa shape index (κ2) is 10.3. The fourth-order valence-corrected chi connectivity index (χ4v) is 5.89. The number of benzene rings is 2. The van der Waals surface area contributed by atoms with Crippen LogP contribution in [-0.2, 0) is 16.4 Å². The number of hydrogen-bond donors (Lipinski definition) is 1. The van der Waals surface area contributed by atoms with E-state index in [4.69, 9.17) is 20.8 Å². The van der Waals surface area contributed by atoms with Crippen molar-refractivity contribution in [3.63, 3.8) is 0 Å². The molecule has 0 amide bonds. The number of nitrogens with zero attached hydrogens (tertiary/aromatic N) is 1. The van der Waals surface area contributed by atoms with Gasteiger partial charge in [-0.2, -0.15) is 0 Å². The zero-order valence-corrected chi connectivity index (χ0v) is 19.4. The third kappa shape index (κ3) is 6.35. The molecule has 4 rings (SSSR count). The molecule has 0 spiro atoms. The normalized spacial score (nSPS) is 18.5. The predicted molar refractivity (Wildman–Crippen MR) is 125 cm³/mol. The molecule has 3 aromatic rings.